The summed E-state index contributed by atoms with van der Waals surface area (Å²) in [6, 6.07) is 3.31. The summed E-state index contributed by atoms with van der Waals surface area (Å²) in [5.74, 6) is 2.36. The van der Waals surface area contributed by atoms with E-state index in [0.717, 1.165) is 5.76 Å². The number of carbonyl (C=O) groups is 1. The lowest BCUT2D eigenvalue weighted by Crippen LogP contribution is -2.21. The summed E-state index contributed by atoms with van der Waals surface area (Å²) in [4.78, 5) is 13.2. The number of methoxy groups -OCH3 is 4. The maximum atomic E-state index is 13.2. The number of ketones is 1. The van der Waals surface area contributed by atoms with Crippen LogP contribution in [-0.2, 0) is 9.47 Å². The molecule has 6 heteroatoms. The highest BCUT2D eigenvalue weighted by atomic mass is 16.5. The number of benzene rings is 1. The molecule has 1 heterocycles. The van der Waals surface area contributed by atoms with Crippen LogP contribution in [0, 0.1) is 5.92 Å². The monoisotopic (exact) mass is 388 g/mol. The topological polar surface area (TPSA) is 63.2 Å². The molecule has 0 amide bonds. The first-order valence-corrected chi connectivity index (χ1v) is 9.20. The fourth-order valence-electron chi connectivity index (χ4n) is 3.31. The molecule has 2 atom stereocenters. The van der Waals surface area contributed by atoms with E-state index in [0.29, 0.717) is 34.1 Å². The zero-order valence-electron chi connectivity index (χ0n) is 17.5. The Morgan fingerprint density at radius 1 is 0.964 bits per heavy atom. The number of ether oxygens (including phenoxy) is 5. The van der Waals surface area contributed by atoms with Gasteiger partial charge in [-0.05, 0) is 31.2 Å². The van der Waals surface area contributed by atoms with Crippen molar-refractivity contribution in [3.63, 3.8) is 0 Å². The smallest absolute Gasteiger partial charge is 0.203 e. The molecule has 0 radical (unpaired) electrons. The second-order valence-electron chi connectivity index (χ2n) is 5.95. The van der Waals surface area contributed by atoms with Gasteiger partial charge in [0.2, 0.25) is 5.75 Å². The number of fused-ring (bicyclic) bond motifs is 1. The zero-order chi connectivity index (χ0) is 20.8. The predicted octanol–water partition coefficient (Wildman–Crippen LogP) is 4.31. The standard InChI is InChI=1S/C20H22O6.C2H6/c1-11-18(14-7-6-13(22-2)10-15(14)26-11)19(21)12-8-16(23-3)20(25-5)17(9-12)24-4;1-2/h6-10,14-15H,1-5H3;1-2H3. The Labute approximate surface area is 166 Å². The van der Waals surface area contributed by atoms with Crippen molar-refractivity contribution >= 4 is 5.78 Å². The van der Waals surface area contributed by atoms with E-state index in [1.807, 2.05) is 32.1 Å². The molecule has 1 aromatic rings. The Hall–Kier alpha value is -2.89. The van der Waals surface area contributed by atoms with Crippen LogP contribution < -0.4 is 14.2 Å². The Morgan fingerprint density at radius 3 is 2.07 bits per heavy atom. The van der Waals surface area contributed by atoms with Crippen LogP contribution in [0.5, 0.6) is 17.2 Å². The van der Waals surface area contributed by atoms with Gasteiger partial charge in [0.1, 0.15) is 17.6 Å². The molecule has 0 saturated carbocycles. The molecule has 0 bridgehead atoms. The average molecular weight is 388 g/mol. The van der Waals surface area contributed by atoms with Crippen molar-refractivity contribution in [2.75, 3.05) is 28.4 Å². The fourth-order valence-corrected chi connectivity index (χ4v) is 3.31. The Morgan fingerprint density at radius 2 is 1.57 bits per heavy atom. The molecule has 0 aromatic heterocycles. The summed E-state index contributed by atoms with van der Waals surface area (Å²) in [5.41, 5.74) is 1.07. The highest BCUT2D eigenvalue weighted by Crippen LogP contribution is 2.42. The lowest BCUT2D eigenvalue weighted by atomic mass is 9.86. The molecule has 1 aliphatic heterocycles. The van der Waals surface area contributed by atoms with Gasteiger partial charge in [0.15, 0.2) is 17.3 Å². The summed E-state index contributed by atoms with van der Waals surface area (Å²) in [5, 5.41) is 0. The van der Waals surface area contributed by atoms with Crippen molar-refractivity contribution in [3.8, 4) is 17.2 Å². The molecule has 3 rings (SSSR count). The van der Waals surface area contributed by atoms with Crippen LogP contribution in [0.15, 0.2) is 47.5 Å². The molecule has 0 spiro atoms. The van der Waals surface area contributed by atoms with Crippen LogP contribution in [0.25, 0.3) is 0 Å². The number of rotatable bonds is 6. The van der Waals surface area contributed by atoms with Gasteiger partial charge in [-0.3, -0.25) is 4.79 Å². The maximum Gasteiger partial charge on any atom is 0.203 e. The first-order chi connectivity index (χ1) is 13.5. The van der Waals surface area contributed by atoms with Gasteiger partial charge in [0.25, 0.3) is 0 Å². The highest BCUT2D eigenvalue weighted by molar-refractivity contribution is 6.10. The van der Waals surface area contributed by atoms with Crippen molar-refractivity contribution in [2.24, 2.45) is 5.92 Å². The molecule has 1 aromatic carbocycles. The summed E-state index contributed by atoms with van der Waals surface area (Å²) in [7, 11) is 6.17. The van der Waals surface area contributed by atoms with Gasteiger partial charge in [0.05, 0.1) is 34.4 Å². The van der Waals surface area contributed by atoms with E-state index < -0.39 is 0 Å². The second-order valence-corrected chi connectivity index (χ2v) is 5.95. The van der Waals surface area contributed by atoms with Crippen LogP contribution in [0.2, 0.25) is 0 Å². The summed E-state index contributed by atoms with van der Waals surface area (Å²) in [6.07, 6.45) is 5.43. The van der Waals surface area contributed by atoms with Crippen molar-refractivity contribution < 1.29 is 28.5 Å². The second kappa shape index (κ2) is 9.35. The summed E-state index contributed by atoms with van der Waals surface area (Å²) < 4.78 is 27.1. The maximum absolute atomic E-state index is 13.2. The number of Topliss-reactive ketones (excluding diaryl/α,β-unsaturated/α-hetero) is 1. The third-order valence-corrected chi connectivity index (χ3v) is 4.58. The van der Waals surface area contributed by atoms with Crippen molar-refractivity contribution in [2.45, 2.75) is 26.9 Å². The van der Waals surface area contributed by atoms with E-state index in [2.05, 4.69) is 0 Å². The van der Waals surface area contributed by atoms with Crippen LogP contribution in [0.3, 0.4) is 0 Å². The molecule has 2 unspecified atom stereocenters. The van der Waals surface area contributed by atoms with E-state index in [4.69, 9.17) is 23.7 Å². The van der Waals surface area contributed by atoms with Crippen LogP contribution >= 0.6 is 0 Å². The predicted molar refractivity (Wildman–Crippen MR) is 107 cm³/mol. The number of hydrogen-bond acceptors (Lipinski definition) is 6. The van der Waals surface area contributed by atoms with E-state index in [-0.39, 0.29) is 17.8 Å². The normalized spacial score (nSPS) is 19.6. The third-order valence-electron chi connectivity index (χ3n) is 4.58. The van der Waals surface area contributed by atoms with Gasteiger partial charge in [-0.1, -0.05) is 19.9 Å². The van der Waals surface area contributed by atoms with Gasteiger partial charge in [0, 0.05) is 11.1 Å². The third kappa shape index (κ3) is 3.86. The highest BCUT2D eigenvalue weighted by Gasteiger charge is 2.38. The van der Waals surface area contributed by atoms with Gasteiger partial charge in [-0.2, -0.15) is 0 Å². The van der Waals surface area contributed by atoms with E-state index in [9.17, 15) is 4.79 Å². The SMILES string of the molecule is CC.COC1=CC2OC(C)=C(C(=O)c3cc(OC)c(OC)c(OC)c3)C2C=C1. The molecule has 152 valence electrons. The van der Waals surface area contributed by atoms with Gasteiger partial charge in [-0.15, -0.1) is 0 Å². The summed E-state index contributed by atoms with van der Waals surface area (Å²) >= 11 is 0. The first-order valence-electron chi connectivity index (χ1n) is 9.20. The lowest BCUT2D eigenvalue weighted by molar-refractivity contribution is 0.102. The molecule has 28 heavy (non-hydrogen) atoms. The molecular weight excluding hydrogens is 360 g/mol. The molecule has 0 N–H and O–H groups in total. The van der Waals surface area contributed by atoms with Gasteiger partial charge in [-0.25, -0.2) is 0 Å². The molecule has 0 saturated heterocycles. The van der Waals surface area contributed by atoms with Crippen molar-refractivity contribution in [1.82, 2.24) is 0 Å². The number of allylic oxidation sites excluding steroid dienone is 2. The van der Waals surface area contributed by atoms with Crippen LogP contribution in [-0.4, -0.2) is 40.3 Å². The van der Waals surface area contributed by atoms with Gasteiger partial charge >= 0.3 is 0 Å². The number of carbonyl (C=O) groups excluding carboxylic acids is 1. The van der Waals surface area contributed by atoms with Crippen molar-refractivity contribution in [1.29, 1.82) is 0 Å². The Balaban J connectivity index is 0.00000136. The first kappa shape index (κ1) is 21.4. The molecule has 1 aliphatic carbocycles. The van der Waals surface area contributed by atoms with Crippen LogP contribution in [0.1, 0.15) is 31.1 Å². The minimum Gasteiger partial charge on any atom is -0.497 e. The lowest BCUT2D eigenvalue weighted by Gasteiger charge is -2.20. The van der Waals surface area contributed by atoms with E-state index in [1.54, 1.807) is 26.2 Å². The largest absolute Gasteiger partial charge is 0.497 e. The fraction of sp³-hybridized carbons (Fsp3) is 0.409. The van der Waals surface area contributed by atoms with E-state index >= 15 is 0 Å². The molecular formula is C22H28O6. The average Bonchev–Trinajstić information content (AvgIpc) is 3.07. The quantitative estimate of drug-likeness (QED) is 0.677. The molecule has 6 nitrogen and oxygen atoms in total. The van der Waals surface area contributed by atoms with Gasteiger partial charge < -0.3 is 23.7 Å². The van der Waals surface area contributed by atoms with Crippen LogP contribution in [0.4, 0.5) is 0 Å². The van der Waals surface area contributed by atoms with E-state index in [1.165, 1.54) is 21.3 Å². The minimum absolute atomic E-state index is 0.131. The molecule has 0 fully saturated rings. The molecule has 2 aliphatic rings. The zero-order valence-corrected chi connectivity index (χ0v) is 17.5. The Bertz CT molecular complexity index is 793. The minimum atomic E-state index is -0.240. The number of hydrogen-bond donors (Lipinski definition) is 0. The summed E-state index contributed by atoms with van der Waals surface area (Å²) in [6.45, 7) is 5.80. The van der Waals surface area contributed by atoms with Crippen molar-refractivity contribution in [3.05, 3.63) is 53.0 Å². The Kier molecular flexibility index (Phi) is 7.15.